The van der Waals surface area contributed by atoms with E-state index in [1.54, 1.807) is 0 Å². The van der Waals surface area contributed by atoms with Gasteiger partial charge in [-0.1, -0.05) is 30.3 Å². The maximum atomic E-state index is 5.63. The first-order valence-corrected chi connectivity index (χ1v) is 5.86. The van der Waals surface area contributed by atoms with E-state index < -0.39 is 0 Å². The van der Waals surface area contributed by atoms with Gasteiger partial charge in [0.2, 0.25) is 0 Å². The van der Waals surface area contributed by atoms with Crippen LogP contribution in [-0.4, -0.2) is 9.55 Å². The molecule has 1 aromatic heterocycles. The summed E-state index contributed by atoms with van der Waals surface area (Å²) in [4.78, 5) is 4.37. The van der Waals surface area contributed by atoms with E-state index in [2.05, 4.69) is 34.0 Å². The SMILES string of the molecule is CCn1ccnc1CC(NN)c1ccccc1. The van der Waals surface area contributed by atoms with Crippen LogP contribution in [0.4, 0.5) is 0 Å². The van der Waals surface area contributed by atoms with E-state index >= 15 is 0 Å². The van der Waals surface area contributed by atoms with Crippen molar-refractivity contribution in [2.45, 2.75) is 25.9 Å². The van der Waals surface area contributed by atoms with Gasteiger partial charge in [-0.25, -0.2) is 4.98 Å². The Morgan fingerprint density at radius 2 is 2.12 bits per heavy atom. The number of rotatable bonds is 5. The molecule has 0 spiro atoms. The molecule has 0 amide bonds. The van der Waals surface area contributed by atoms with Crippen molar-refractivity contribution in [2.75, 3.05) is 0 Å². The predicted molar refractivity (Wildman–Crippen MR) is 68.1 cm³/mol. The molecule has 2 aromatic rings. The Morgan fingerprint density at radius 3 is 2.76 bits per heavy atom. The molecule has 1 atom stereocenters. The number of hydrazine groups is 1. The standard InChI is InChI=1S/C13H18N4/c1-2-17-9-8-15-13(17)10-12(16-14)11-6-4-3-5-7-11/h3-9,12,16H,2,10,14H2,1H3. The van der Waals surface area contributed by atoms with Crippen LogP contribution in [-0.2, 0) is 13.0 Å². The highest BCUT2D eigenvalue weighted by molar-refractivity contribution is 5.20. The van der Waals surface area contributed by atoms with E-state index in [1.807, 2.05) is 30.6 Å². The number of nitrogens with two attached hydrogens (primary N) is 1. The highest BCUT2D eigenvalue weighted by atomic mass is 15.2. The van der Waals surface area contributed by atoms with E-state index in [-0.39, 0.29) is 6.04 Å². The average Bonchev–Trinajstić information content (AvgIpc) is 2.84. The molecule has 0 aliphatic rings. The van der Waals surface area contributed by atoms with Crippen LogP contribution >= 0.6 is 0 Å². The van der Waals surface area contributed by atoms with Crippen molar-refractivity contribution >= 4 is 0 Å². The third-order valence-electron chi connectivity index (χ3n) is 2.93. The summed E-state index contributed by atoms with van der Waals surface area (Å²) >= 11 is 0. The van der Waals surface area contributed by atoms with Gasteiger partial charge in [0.25, 0.3) is 0 Å². The molecule has 0 fully saturated rings. The minimum Gasteiger partial charge on any atom is -0.335 e. The Balaban J connectivity index is 2.16. The number of aryl methyl sites for hydroxylation is 1. The molecular formula is C13H18N4. The van der Waals surface area contributed by atoms with Gasteiger partial charge >= 0.3 is 0 Å². The summed E-state index contributed by atoms with van der Waals surface area (Å²) in [6, 6.07) is 10.3. The molecule has 4 nitrogen and oxygen atoms in total. The largest absolute Gasteiger partial charge is 0.335 e. The average molecular weight is 230 g/mol. The summed E-state index contributed by atoms with van der Waals surface area (Å²) in [5.74, 6) is 6.68. The maximum absolute atomic E-state index is 5.63. The lowest BCUT2D eigenvalue weighted by Crippen LogP contribution is -2.30. The van der Waals surface area contributed by atoms with Gasteiger partial charge in [0.15, 0.2) is 0 Å². The van der Waals surface area contributed by atoms with Crippen molar-refractivity contribution in [2.24, 2.45) is 5.84 Å². The fraction of sp³-hybridized carbons (Fsp3) is 0.308. The Labute approximate surface area is 101 Å². The van der Waals surface area contributed by atoms with Crippen molar-refractivity contribution in [3.8, 4) is 0 Å². The van der Waals surface area contributed by atoms with Gasteiger partial charge in [0.05, 0.1) is 6.04 Å². The van der Waals surface area contributed by atoms with Crippen LogP contribution in [0.2, 0.25) is 0 Å². The Hall–Kier alpha value is -1.65. The lowest BCUT2D eigenvalue weighted by Gasteiger charge is -2.16. The highest BCUT2D eigenvalue weighted by Crippen LogP contribution is 2.16. The smallest absolute Gasteiger partial charge is 0.110 e. The van der Waals surface area contributed by atoms with E-state index in [1.165, 1.54) is 5.56 Å². The first kappa shape index (κ1) is 11.8. The summed E-state index contributed by atoms with van der Waals surface area (Å²) in [6.07, 6.45) is 4.62. The number of nitrogens with zero attached hydrogens (tertiary/aromatic N) is 2. The van der Waals surface area contributed by atoms with Crippen LogP contribution in [0.15, 0.2) is 42.7 Å². The predicted octanol–water partition coefficient (Wildman–Crippen LogP) is 1.65. The van der Waals surface area contributed by atoms with E-state index in [0.717, 1.165) is 18.8 Å². The number of hydrogen-bond acceptors (Lipinski definition) is 3. The number of hydrogen-bond donors (Lipinski definition) is 2. The van der Waals surface area contributed by atoms with Gasteiger partial charge in [0.1, 0.15) is 5.82 Å². The first-order chi connectivity index (χ1) is 8.35. The zero-order valence-electron chi connectivity index (χ0n) is 10.0. The zero-order valence-corrected chi connectivity index (χ0v) is 10.0. The quantitative estimate of drug-likeness (QED) is 0.606. The number of nitrogens with one attached hydrogen (secondary N) is 1. The molecule has 0 saturated heterocycles. The van der Waals surface area contributed by atoms with E-state index in [0.29, 0.717) is 0 Å². The van der Waals surface area contributed by atoms with Crippen molar-refractivity contribution in [1.82, 2.24) is 15.0 Å². The van der Waals surface area contributed by atoms with Gasteiger partial charge in [-0.2, -0.15) is 0 Å². The van der Waals surface area contributed by atoms with Crippen molar-refractivity contribution in [1.29, 1.82) is 0 Å². The number of benzene rings is 1. The summed E-state index contributed by atoms with van der Waals surface area (Å²) in [5, 5.41) is 0. The molecule has 0 bridgehead atoms. The van der Waals surface area contributed by atoms with Crippen molar-refractivity contribution in [3.05, 3.63) is 54.1 Å². The minimum atomic E-state index is 0.101. The van der Waals surface area contributed by atoms with Crippen LogP contribution < -0.4 is 11.3 Å². The molecule has 3 N–H and O–H groups in total. The minimum absolute atomic E-state index is 0.101. The fourth-order valence-corrected chi connectivity index (χ4v) is 1.96. The lowest BCUT2D eigenvalue weighted by atomic mass is 10.0. The third kappa shape index (κ3) is 2.72. The van der Waals surface area contributed by atoms with Crippen molar-refractivity contribution < 1.29 is 0 Å². The number of imidazole rings is 1. The van der Waals surface area contributed by atoms with Crippen LogP contribution in [0.25, 0.3) is 0 Å². The first-order valence-electron chi connectivity index (χ1n) is 5.86. The second kappa shape index (κ2) is 5.61. The summed E-state index contributed by atoms with van der Waals surface area (Å²) in [6.45, 7) is 3.04. The molecule has 2 rings (SSSR count). The Morgan fingerprint density at radius 1 is 1.35 bits per heavy atom. The second-order valence-corrected chi connectivity index (χ2v) is 3.96. The molecule has 0 saturated carbocycles. The second-order valence-electron chi connectivity index (χ2n) is 3.96. The Kier molecular flexibility index (Phi) is 3.90. The molecule has 90 valence electrons. The topological polar surface area (TPSA) is 55.9 Å². The van der Waals surface area contributed by atoms with Crippen molar-refractivity contribution in [3.63, 3.8) is 0 Å². The van der Waals surface area contributed by atoms with Crippen LogP contribution in [0.5, 0.6) is 0 Å². The molecule has 17 heavy (non-hydrogen) atoms. The molecular weight excluding hydrogens is 212 g/mol. The third-order valence-corrected chi connectivity index (χ3v) is 2.93. The lowest BCUT2D eigenvalue weighted by molar-refractivity contribution is 0.523. The number of aromatic nitrogens is 2. The molecule has 1 unspecified atom stereocenters. The van der Waals surface area contributed by atoms with Crippen LogP contribution in [0.1, 0.15) is 24.4 Å². The Bertz CT molecular complexity index is 449. The monoisotopic (exact) mass is 230 g/mol. The fourth-order valence-electron chi connectivity index (χ4n) is 1.96. The van der Waals surface area contributed by atoms with Gasteiger partial charge < -0.3 is 4.57 Å². The van der Waals surface area contributed by atoms with Gasteiger partial charge in [0, 0.05) is 25.4 Å². The van der Waals surface area contributed by atoms with Crippen LogP contribution in [0.3, 0.4) is 0 Å². The summed E-state index contributed by atoms with van der Waals surface area (Å²) < 4.78 is 2.13. The normalized spacial score (nSPS) is 12.6. The van der Waals surface area contributed by atoms with E-state index in [4.69, 9.17) is 5.84 Å². The molecule has 0 aliphatic carbocycles. The van der Waals surface area contributed by atoms with E-state index in [9.17, 15) is 0 Å². The molecule has 1 heterocycles. The maximum Gasteiger partial charge on any atom is 0.110 e. The summed E-state index contributed by atoms with van der Waals surface area (Å²) in [5.41, 5.74) is 4.04. The molecule has 4 heteroatoms. The molecule has 0 aliphatic heterocycles. The molecule has 0 radical (unpaired) electrons. The summed E-state index contributed by atoms with van der Waals surface area (Å²) in [7, 11) is 0. The van der Waals surface area contributed by atoms with Gasteiger partial charge in [-0.15, -0.1) is 0 Å². The van der Waals surface area contributed by atoms with Crippen LogP contribution in [0, 0.1) is 0 Å². The molecule has 1 aromatic carbocycles. The zero-order chi connectivity index (χ0) is 12.1. The van der Waals surface area contributed by atoms with Gasteiger partial charge in [-0.3, -0.25) is 11.3 Å². The highest BCUT2D eigenvalue weighted by Gasteiger charge is 2.12. The van der Waals surface area contributed by atoms with Gasteiger partial charge in [-0.05, 0) is 12.5 Å².